The Hall–Kier alpha value is -3.17. The third-order valence-corrected chi connectivity index (χ3v) is 6.66. The molecule has 206 valence electrons. The number of rotatable bonds is 8. The summed E-state index contributed by atoms with van der Waals surface area (Å²) in [6, 6.07) is 3.79. The molecule has 0 spiro atoms. The van der Waals surface area contributed by atoms with Gasteiger partial charge in [0, 0.05) is 24.2 Å². The van der Waals surface area contributed by atoms with Gasteiger partial charge >= 0.3 is 0 Å². The first kappa shape index (κ1) is 29.4. The number of carbonyl (C=O) groups excluding carboxylic acids is 1. The number of hydrogen-bond donors (Lipinski definition) is 2. The molecule has 38 heavy (non-hydrogen) atoms. The van der Waals surface area contributed by atoms with Gasteiger partial charge in [0.1, 0.15) is 12.1 Å². The average molecular weight is 524 g/mol. The summed E-state index contributed by atoms with van der Waals surface area (Å²) >= 11 is 0. The van der Waals surface area contributed by atoms with Gasteiger partial charge in [-0.25, -0.2) is 14.4 Å². The zero-order valence-corrected chi connectivity index (χ0v) is 23.4. The molecule has 0 unspecified atom stereocenters. The molecule has 8 nitrogen and oxygen atoms in total. The summed E-state index contributed by atoms with van der Waals surface area (Å²) in [6.07, 6.45) is 13.4. The van der Waals surface area contributed by atoms with Crippen molar-refractivity contribution in [1.29, 1.82) is 0 Å². The van der Waals surface area contributed by atoms with Crippen molar-refractivity contribution in [3.63, 3.8) is 0 Å². The van der Waals surface area contributed by atoms with Crippen LogP contribution < -0.4 is 10.6 Å². The first-order valence-corrected chi connectivity index (χ1v) is 13.7. The Bertz CT molecular complexity index is 1140. The molecule has 2 aliphatic rings. The minimum absolute atomic E-state index is 0.163. The average Bonchev–Trinajstić information content (AvgIpc) is 3.69. The molecule has 1 aliphatic carbocycles. The van der Waals surface area contributed by atoms with Crippen LogP contribution in [0.15, 0.2) is 36.9 Å². The molecular formula is C29H42FN7O. The van der Waals surface area contributed by atoms with E-state index in [1.54, 1.807) is 30.7 Å². The predicted molar refractivity (Wildman–Crippen MR) is 151 cm³/mol. The number of nitrogens with one attached hydrogen (secondary N) is 2. The van der Waals surface area contributed by atoms with Crippen molar-refractivity contribution < 1.29 is 9.18 Å². The van der Waals surface area contributed by atoms with E-state index < -0.39 is 0 Å². The lowest BCUT2D eigenvalue weighted by Gasteiger charge is -2.28. The summed E-state index contributed by atoms with van der Waals surface area (Å²) in [5.41, 5.74) is 3.61. The van der Waals surface area contributed by atoms with Crippen molar-refractivity contribution >= 4 is 17.9 Å². The van der Waals surface area contributed by atoms with E-state index in [-0.39, 0.29) is 11.7 Å². The van der Waals surface area contributed by atoms with Crippen LogP contribution in [0.3, 0.4) is 0 Å². The number of aromatic nitrogens is 4. The Morgan fingerprint density at radius 3 is 2.29 bits per heavy atom. The number of halogens is 1. The maximum absolute atomic E-state index is 14.9. The Kier molecular flexibility index (Phi) is 11.4. The van der Waals surface area contributed by atoms with Gasteiger partial charge in [0.05, 0.1) is 17.9 Å². The van der Waals surface area contributed by atoms with Gasteiger partial charge in [-0.3, -0.25) is 9.48 Å². The van der Waals surface area contributed by atoms with Crippen molar-refractivity contribution in [2.75, 3.05) is 39.5 Å². The Balaban J connectivity index is 0.000000748. The molecular weight excluding hydrogens is 481 g/mol. The van der Waals surface area contributed by atoms with Crippen molar-refractivity contribution in [3.05, 3.63) is 65.0 Å². The van der Waals surface area contributed by atoms with Crippen molar-refractivity contribution in [2.24, 2.45) is 0 Å². The van der Waals surface area contributed by atoms with Gasteiger partial charge in [0.15, 0.2) is 0 Å². The minimum atomic E-state index is -0.163. The van der Waals surface area contributed by atoms with Gasteiger partial charge in [0.25, 0.3) is 0 Å². The third kappa shape index (κ3) is 8.16. The number of carbonyl (C=O) groups is 1. The van der Waals surface area contributed by atoms with Gasteiger partial charge < -0.3 is 15.5 Å². The smallest absolute Gasteiger partial charge is 0.227 e. The molecule has 0 radical (unpaired) electrons. The second-order valence-electron chi connectivity index (χ2n) is 9.76. The zero-order chi connectivity index (χ0) is 27.5. The molecule has 0 atom stereocenters. The van der Waals surface area contributed by atoms with Gasteiger partial charge in [0.2, 0.25) is 5.95 Å². The normalized spacial score (nSPS) is 15.6. The Morgan fingerprint density at radius 1 is 1.03 bits per heavy atom. The van der Waals surface area contributed by atoms with E-state index in [1.165, 1.54) is 0 Å². The maximum atomic E-state index is 14.9. The van der Waals surface area contributed by atoms with Crippen LogP contribution in [0.2, 0.25) is 0 Å². The monoisotopic (exact) mass is 523 g/mol. The lowest BCUT2D eigenvalue weighted by Crippen LogP contribution is -2.31. The summed E-state index contributed by atoms with van der Waals surface area (Å²) in [5.74, 6) is 0.608. The number of anilines is 2. The van der Waals surface area contributed by atoms with E-state index >= 15 is 0 Å². The van der Waals surface area contributed by atoms with Gasteiger partial charge in [-0.1, -0.05) is 13.8 Å². The van der Waals surface area contributed by atoms with Crippen LogP contribution >= 0.6 is 0 Å². The second kappa shape index (κ2) is 14.7. The zero-order valence-electron chi connectivity index (χ0n) is 23.4. The van der Waals surface area contributed by atoms with E-state index in [1.807, 2.05) is 38.8 Å². The summed E-state index contributed by atoms with van der Waals surface area (Å²) in [6.45, 7) is 6.17. The van der Waals surface area contributed by atoms with Crippen molar-refractivity contribution in [3.8, 4) is 0 Å². The maximum Gasteiger partial charge on any atom is 0.227 e. The van der Waals surface area contributed by atoms with Gasteiger partial charge in [-0.15, -0.1) is 0 Å². The molecule has 9 heteroatoms. The topological polar surface area (TPSA) is 88.0 Å². The summed E-state index contributed by atoms with van der Waals surface area (Å²) in [7, 11) is 5.90. The van der Waals surface area contributed by atoms with E-state index in [2.05, 4.69) is 37.6 Å². The number of aryl methyl sites for hydroxylation is 2. The summed E-state index contributed by atoms with van der Waals surface area (Å²) in [4.78, 5) is 22.4. The van der Waals surface area contributed by atoms with E-state index in [0.29, 0.717) is 41.5 Å². The van der Waals surface area contributed by atoms with E-state index in [0.717, 1.165) is 56.3 Å². The van der Waals surface area contributed by atoms with Gasteiger partial charge in [-0.05, 0) is 107 Å². The number of piperidine rings is 1. The lowest BCUT2D eigenvalue weighted by atomic mass is 9.98. The Labute approximate surface area is 226 Å². The second-order valence-corrected chi connectivity index (χ2v) is 9.76. The molecule has 2 fully saturated rings. The predicted octanol–water partition coefficient (Wildman–Crippen LogP) is 5.16. The number of hydrogen-bond acceptors (Lipinski definition) is 7. The quantitative estimate of drug-likeness (QED) is 0.394. The van der Waals surface area contributed by atoms with Crippen molar-refractivity contribution in [1.82, 2.24) is 30.0 Å². The number of likely N-dealkylation sites (tertiary alicyclic amines) is 1. The number of nitrogens with zero attached hydrogens (tertiary/aromatic N) is 5. The first-order valence-electron chi connectivity index (χ1n) is 13.7. The highest BCUT2D eigenvalue weighted by Crippen LogP contribution is 2.42. The number of benzene rings is 1. The standard InChI is InChI=1S/C25H29FN6O.C2H7N.C2H6/c1-31-8-6-22(7-9-31)32-15-21(14-29-32)30-25-27-12-17(13-28-25)2-3-20-10-18(16-33)11-23(24(20)26)19-4-5-19;1-3-2;1-2/h10-16,19,22H,2-9H2,1H3,(H,27,28,30);3H,1-2H3;1-2H3. The van der Waals surface area contributed by atoms with Crippen molar-refractivity contribution in [2.45, 2.75) is 64.3 Å². The van der Waals surface area contributed by atoms with Crippen LogP contribution in [0, 0.1) is 5.82 Å². The van der Waals surface area contributed by atoms with Crippen LogP contribution in [0.5, 0.6) is 0 Å². The first-order chi connectivity index (χ1) is 18.5. The molecule has 1 saturated carbocycles. The fourth-order valence-corrected chi connectivity index (χ4v) is 4.49. The largest absolute Gasteiger partial charge is 0.323 e. The molecule has 2 aromatic heterocycles. The van der Waals surface area contributed by atoms with Crippen LogP contribution in [0.4, 0.5) is 16.0 Å². The molecule has 1 saturated heterocycles. The lowest BCUT2D eigenvalue weighted by molar-refractivity contribution is 0.112. The molecule has 1 aromatic carbocycles. The molecule has 5 rings (SSSR count). The summed E-state index contributed by atoms with van der Waals surface area (Å²) < 4.78 is 16.9. The molecule has 0 bridgehead atoms. The minimum Gasteiger partial charge on any atom is -0.323 e. The van der Waals surface area contributed by atoms with Gasteiger partial charge in [-0.2, -0.15) is 5.10 Å². The summed E-state index contributed by atoms with van der Waals surface area (Å²) in [5, 5.41) is 10.5. The highest BCUT2D eigenvalue weighted by molar-refractivity contribution is 5.75. The Morgan fingerprint density at radius 2 is 1.68 bits per heavy atom. The highest BCUT2D eigenvalue weighted by Gasteiger charge is 2.28. The van der Waals surface area contributed by atoms with Crippen LogP contribution in [-0.4, -0.2) is 65.2 Å². The molecule has 2 N–H and O–H groups in total. The van der Waals surface area contributed by atoms with Crippen LogP contribution in [0.25, 0.3) is 0 Å². The SMILES string of the molecule is CC.CN1CCC(n2cc(Nc3ncc(CCc4cc(C=O)cc(C5CC5)c4F)cn3)cn2)CC1.CNC. The van der Waals surface area contributed by atoms with E-state index in [9.17, 15) is 9.18 Å². The number of aldehydes is 1. The highest BCUT2D eigenvalue weighted by atomic mass is 19.1. The molecule has 3 aromatic rings. The van der Waals surface area contributed by atoms with E-state index in [4.69, 9.17) is 0 Å². The van der Waals surface area contributed by atoms with Crippen LogP contribution in [0.1, 0.15) is 78.5 Å². The third-order valence-electron chi connectivity index (χ3n) is 6.66. The van der Waals surface area contributed by atoms with Crippen LogP contribution in [-0.2, 0) is 12.8 Å². The molecule has 3 heterocycles. The molecule has 1 aliphatic heterocycles. The fourth-order valence-electron chi connectivity index (χ4n) is 4.49. The molecule has 0 amide bonds. The fraction of sp³-hybridized carbons (Fsp3) is 0.517.